The highest BCUT2D eigenvalue weighted by Gasteiger charge is 2.34. The Morgan fingerprint density at radius 3 is 2.60 bits per heavy atom. The molecular weight excluding hydrogens is 422 g/mol. The first-order chi connectivity index (χ1) is 14.6. The van der Waals surface area contributed by atoms with Crippen LogP contribution in [-0.2, 0) is 6.54 Å². The smallest absolute Gasteiger partial charge is 0.213 e. The molecule has 0 N–H and O–H groups in total. The predicted molar refractivity (Wildman–Crippen MR) is 119 cm³/mol. The fourth-order valence-electron chi connectivity index (χ4n) is 4.11. The minimum absolute atomic E-state index is 0.159. The van der Waals surface area contributed by atoms with Gasteiger partial charge in [-0.15, -0.1) is 0 Å². The number of nitrogens with zero attached hydrogens (tertiary/aromatic N) is 2. The number of aromatic nitrogens is 1. The van der Waals surface area contributed by atoms with Gasteiger partial charge in [-0.05, 0) is 41.7 Å². The van der Waals surface area contributed by atoms with Crippen LogP contribution in [0.2, 0.25) is 10.0 Å². The summed E-state index contributed by atoms with van der Waals surface area (Å²) in [5.74, 6) is 0.771. The van der Waals surface area contributed by atoms with E-state index in [0.29, 0.717) is 23.4 Å². The Morgan fingerprint density at radius 1 is 1.03 bits per heavy atom. The summed E-state index contributed by atoms with van der Waals surface area (Å²) in [5, 5.41) is 0.742. The summed E-state index contributed by atoms with van der Waals surface area (Å²) in [4.78, 5) is 6.61. The number of hydrogen-bond acceptors (Lipinski definition) is 3. The van der Waals surface area contributed by atoms with E-state index in [0.717, 1.165) is 31.6 Å². The summed E-state index contributed by atoms with van der Waals surface area (Å²) in [6.45, 7) is 3.23. The molecule has 1 saturated heterocycles. The highest BCUT2D eigenvalue weighted by atomic mass is 35.5. The van der Waals surface area contributed by atoms with Crippen LogP contribution in [0.5, 0.6) is 5.88 Å². The van der Waals surface area contributed by atoms with E-state index in [-0.39, 0.29) is 16.8 Å². The first-order valence-electron chi connectivity index (χ1n) is 10.0. The molecule has 1 unspecified atom stereocenters. The highest BCUT2D eigenvalue weighted by molar-refractivity contribution is 6.30. The second kappa shape index (κ2) is 9.78. The van der Waals surface area contributed by atoms with Crippen molar-refractivity contribution in [2.45, 2.75) is 18.9 Å². The number of pyridine rings is 1. The summed E-state index contributed by atoms with van der Waals surface area (Å²) in [5.41, 5.74) is 2.27. The Kier molecular flexibility index (Phi) is 6.88. The third-order valence-electron chi connectivity index (χ3n) is 5.58. The summed E-state index contributed by atoms with van der Waals surface area (Å²) in [7, 11) is 0. The predicted octanol–water partition coefficient (Wildman–Crippen LogP) is 6.21. The molecule has 6 heteroatoms. The van der Waals surface area contributed by atoms with Gasteiger partial charge in [0.2, 0.25) is 5.88 Å². The van der Waals surface area contributed by atoms with Crippen molar-refractivity contribution < 1.29 is 9.13 Å². The van der Waals surface area contributed by atoms with Crippen LogP contribution >= 0.6 is 23.2 Å². The van der Waals surface area contributed by atoms with E-state index in [1.165, 1.54) is 5.56 Å². The molecule has 0 saturated carbocycles. The molecule has 2 aromatic carbocycles. The Bertz CT molecular complexity index is 969. The first-order valence-corrected chi connectivity index (χ1v) is 10.8. The molecule has 0 amide bonds. The van der Waals surface area contributed by atoms with Crippen LogP contribution in [0.4, 0.5) is 4.39 Å². The second-order valence-corrected chi connectivity index (χ2v) is 8.52. The third kappa shape index (κ3) is 5.31. The van der Waals surface area contributed by atoms with Gasteiger partial charge in [0.05, 0.1) is 16.7 Å². The van der Waals surface area contributed by atoms with E-state index in [9.17, 15) is 4.39 Å². The van der Waals surface area contributed by atoms with Crippen LogP contribution in [0, 0.1) is 11.7 Å². The molecule has 2 heterocycles. The van der Waals surface area contributed by atoms with Crippen LogP contribution in [0.3, 0.4) is 0 Å². The first kappa shape index (κ1) is 21.1. The second-order valence-electron chi connectivity index (χ2n) is 7.67. The van der Waals surface area contributed by atoms with E-state index in [1.54, 1.807) is 30.5 Å². The summed E-state index contributed by atoms with van der Waals surface area (Å²) < 4.78 is 19.9. The molecule has 1 aliphatic rings. The average Bonchev–Trinajstić information content (AvgIpc) is 3.15. The van der Waals surface area contributed by atoms with Crippen LogP contribution < -0.4 is 4.74 Å². The van der Waals surface area contributed by atoms with Crippen molar-refractivity contribution in [3.8, 4) is 5.88 Å². The Hall–Kier alpha value is -2.14. The minimum atomic E-state index is -0.365. The van der Waals surface area contributed by atoms with Crippen molar-refractivity contribution in [3.63, 3.8) is 0 Å². The monoisotopic (exact) mass is 444 g/mol. The standard InChI is InChI=1S/C24H23Cl2FN2O/c25-20-7-9-24(28-13-20)30-11-10-19-15-29(14-17-4-2-1-3-5-17)16-21(19)18-6-8-22(26)23(27)12-18/h1-9,12-13,19,21H,10-11,14-16H2/t19?,21-/m1/s1. The third-order valence-corrected chi connectivity index (χ3v) is 6.11. The quantitative estimate of drug-likeness (QED) is 0.432. The number of benzene rings is 2. The minimum Gasteiger partial charge on any atom is -0.478 e. The Labute approximate surface area is 186 Å². The van der Waals surface area contributed by atoms with Crippen LogP contribution in [0.15, 0.2) is 66.9 Å². The maximum atomic E-state index is 14.1. The molecule has 0 bridgehead atoms. The maximum absolute atomic E-state index is 14.1. The van der Waals surface area contributed by atoms with Crippen LogP contribution in [-0.4, -0.2) is 29.6 Å². The summed E-state index contributed by atoms with van der Waals surface area (Å²) in [6.07, 6.45) is 2.43. The molecule has 0 radical (unpaired) electrons. The van der Waals surface area contributed by atoms with Gasteiger partial charge in [-0.2, -0.15) is 0 Å². The van der Waals surface area contributed by atoms with Gasteiger partial charge in [0.1, 0.15) is 5.82 Å². The SMILES string of the molecule is Fc1cc([C@H]2CN(Cc3ccccc3)CC2CCOc2ccc(Cl)cn2)ccc1Cl. The largest absolute Gasteiger partial charge is 0.478 e. The maximum Gasteiger partial charge on any atom is 0.213 e. The van der Waals surface area contributed by atoms with E-state index < -0.39 is 0 Å². The van der Waals surface area contributed by atoms with Gasteiger partial charge in [-0.1, -0.05) is 59.6 Å². The Balaban J connectivity index is 1.45. The average molecular weight is 445 g/mol. The molecule has 0 aliphatic carbocycles. The summed E-state index contributed by atoms with van der Waals surface area (Å²) >= 11 is 11.8. The molecule has 30 heavy (non-hydrogen) atoms. The van der Waals surface area contributed by atoms with Gasteiger partial charge in [0.15, 0.2) is 0 Å². The zero-order valence-corrected chi connectivity index (χ0v) is 18.0. The van der Waals surface area contributed by atoms with E-state index in [4.69, 9.17) is 27.9 Å². The van der Waals surface area contributed by atoms with Crippen molar-refractivity contribution in [3.05, 3.63) is 93.8 Å². The molecule has 156 valence electrons. The van der Waals surface area contributed by atoms with Crippen molar-refractivity contribution in [2.75, 3.05) is 19.7 Å². The van der Waals surface area contributed by atoms with Gasteiger partial charge < -0.3 is 4.74 Å². The number of rotatable bonds is 7. The zero-order valence-electron chi connectivity index (χ0n) is 16.5. The number of hydrogen-bond donors (Lipinski definition) is 0. The lowest BCUT2D eigenvalue weighted by atomic mass is 9.87. The fourth-order valence-corrected chi connectivity index (χ4v) is 4.34. The van der Waals surface area contributed by atoms with Crippen LogP contribution in [0.25, 0.3) is 0 Å². The molecule has 1 aromatic heterocycles. The van der Waals surface area contributed by atoms with Crippen LogP contribution in [0.1, 0.15) is 23.5 Å². The van der Waals surface area contributed by atoms with Crippen molar-refractivity contribution in [2.24, 2.45) is 5.92 Å². The molecule has 0 spiro atoms. The lowest BCUT2D eigenvalue weighted by Gasteiger charge is -2.19. The Morgan fingerprint density at radius 2 is 1.87 bits per heavy atom. The molecular formula is C24H23Cl2FN2O. The molecule has 1 aliphatic heterocycles. The summed E-state index contributed by atoms with van der Waals surface area (Å²) in [6, 6.07) is 19.1. The molecule has 2 atom stereocenters. The highest BCUT2D eigenvalue weighted by Crippen LogP contribution is 2.36. The zero-order chi connectivity index (χ0) is 20.9. The van der Waals surface area contributed by atoms with E-state index >= 15 is 0 Å². The van der Waals surface area contributed by atoms with Crippen molar-refractivity contribution in [1.82, 2.24) is 9.88 Å². The molecule has 4 rings (SSSR count). The molecule has 3 nitrogen and oxygen atoms in total. The molecule has 3 aromatic rings. The van der Waals surface area contributed by atoms with Crippen molar-refractivity contribution >= 4 is 23.2 Å². The van der Waals surface area contributed by atoms with Gasteiger partial charge in [0, 0.05) is 37.8 Å². The lowest BCUT2D eigenvalue weighted by molar-refractivity contribution is 0.256. The van der Waals surface area contributed by atoms with Gasteiger partial charge >= 0.3 is 0 Å². The van der Waals surface area contributed by atoms with E-state index in [1.807, 2.05) is 12.1 Å². The number of halogens is 3. The number of ether oxygens (including phenoxy) is 1. The lowest BCUT2D eigenvalue weighted by Crippen LogP contribution is -2.20. The normalized spacial score (nSPS) is 19.2. The van der Waals surface area contributed by atoms with Crippen molar-refractivity contribution in [1.29, 1.82) is 0 Å². The van der Waals surface area contributed by atoms with Gasteiger partial charge in [-0.3, -0.25) is 4.90 Å². The van der Waals surface area contributed by atoms with E-state index in [2.05, 4.69) is 34.1 Å². The topological polar surface area (TPSA) is 25.4 Å². The molecule has 1 fully saturated rings. The van der Waals surface area contributed by atoms with Gasteiger partial charge in [0.25, 0.3) is 0 Å². The van der Waals surface area contributed by atoms with Gasteiger partial charge in [-0.25, -0.2) is 9.37 Å². The number of likely N-dealkylation sites (tertiary alicyclic amines) is 1. The fraction of sp³-hybridized carbons (Fsp3) is 0.292.